The normalized spacial score (nSPS) is 16.4. The number of halogens is 1. The van der Waals surface area contributed by atoms with Gasteiger partial charge in [0.05, 0.1) is 37.1 Å². The molecule has 0 unspecified atom stereocenters. The van der Waals surface area contributed by atoms with Crippen LogP contribution in [-0.4, -0.2) is 75.2 Å². The van der Waals surface area contributed by atoms with Crippen LogP contribution in [0.15, 0.2) is 65.8 Å². The predicted molar refractivity (Wildman–Crippen MR) is 155 cm³/mol. The summed E-state index contributed by atoms with van der Waals surface area (Å²) in [5, 5.41) is 20.5. The van der Waals surface area contributed by atoms with E-state index in [0.29, 0.717) is 49.1 Å². The largest absolute Gasteiger partial charge is 0.388 e. The average Bonchev–Trinajstić information content (AvgIpc) is 3.62. The topological polar surface area (TPSA) is 127 Å². The number of carbonyl (C=O) groups is 1. The molecule has 3 aromatic heterocycles. The monoisotopic (exact) mass is 583 g/mol. The van der Waals surface area contributed by atoms with E-state index in [2.05, 4.69) is 25.1 Å². The van der Waals surface area contributed by atoms with Crippen LogP contribution in [-0.2, 0) is 19.6 Å². The number of piperidine rings is 1. The van der Waals surface area contributed by atoms with Gasteiger partial charge in [0, 0.05) is 30.9 Å². The Balaban J connectivity index is 1.04. The van der Waals surface area contributed by atoms with Gasteiger partial charge in [0.2, 0.25) is 0 Å². The first-order chi connectivity index (χ1) is 20.8. The first-order valence-electron chi connectivity index (χ1n) is 14.2. The maximum absolute atomic E-state index is 13.4. The first kappa shape index (κ1) is 27.0. The molecule has 0 bridgehead atoms. The van der Waals surface area contributed by atoms with Crippen molar-refractivity contribution < 1.29 is 14.3 Å². The van der Waals surface area contributed by atoms with Crippen LogP contribution in [0.3, 0.4) is 0 Å². The van der Waals surface area contributed by atoms with E-state index < -0.39 is 11.4 Å². The van der Waals surface area contributed by atoms with E-state index in [1.54, 1.807) is 9.58 Å². The van der Waals surface area contributed by atoms with E-state index in [1.165, 1.54) is 41.4 Å². The number of anilines is 1. The Morgan fingerprint density at radius 1 is 1.00 bits per heavy atom. The summed E-state index contributed by atoms with van der Waals surface area (Å²) in [6, 6.07) is 13.4. The minimum atomic E-state index is -1.18. The van der Waals surface area contributed by atoms with Gasteiger partial charge in [-0.25, -0.2) is 23.7 Å². The van der Waals surface area contributed by atoms with Crippen molar-refractivity contribution in [3.63, 3.8) is 0 Å². The van der Waals surface area contributed by atoms with Crippen molar-refractivity contribution >= 4 is 22.6 Å². The number of aryl methyl sites for hydroxylation is 1. The van der Waals surface area contributed by atoms with E-state index in [4.69, 9.17) is 0 Å². The number of aromatic nitrogens is 7. The molecule has 2 aromatic carbocycles. The lowest BCUT2D eigenvalue weighted by molar-refractivity contribution is -0.0299. The van der Waals surface area contributed by atoms with Crippen molar-refractivity contribution in [2.24, 2.45) is 0 Å². The minimum Gasteiger partial charge on any atom is -0.388 e. The molecule has 2 aliphatic rings. The van der Waals surface area contributed by atoms with E-state index >= 15 is 0 Å². The van der Waals surface area contributed by atoms with Gasteiger partial charge in [0.25, 0.3) is 11.5 Å². The number of amides is 1. The number of fused-ring (bicyclic) bond motifs is 2. The first-order valence-corrected chi connectivity index (χ1v) is 14.2. The van der Waals surface area contributed by atoms with E-state index in [-0.39, 0.29) is 18.0 Å². The molecule has 0 aliphatic carbocycles. The third-order valence-corrected chi connectivity index (χ3v) is 8.32. The van der Waals surface area contributed by atoms with Gasteiger partial charge in [0.15, 0.2) is 5.65 Å². The Morgan fingerprint density at radius 3 is 2.47 bits per heavy atom. The van der Waals surface area contributed by atoms with Gasteiger partial charge >= 0.3 is 0 Å². The molecule has 5 aromatic rings. The highest BCUT2D eigenvalue weighted by Gasteiger charge is 2.35. The molecule has 1 amide bonds. The molecule has 1 saturated heterocycles. The van der Waals surface area contributed by atoms with Gasteiger partial charge in [-0.2, -0.15) is 10.2 Å². The fourth-order valence-corrected chi connectivity index (χ4v) is 5.91. The average molecular weight is 584 g/mol. The summed E-state index contributed by atoms with van der Waals surface area (Å²) in [6.07, 6.45) is 3.54. The van der Waals surface area contributed by atoms with Crippen LogP contribution in [0, 0.1) is 12.7 Å². The second-order valence-corrected chi connectivity index (χ2v) is 11.2. The van der Waals surface area contributed by atoms with Crippen molar-refractivity contribution in [2.45, 2.75) is 45.0 Å². The Bertz CT molecular complexity index is 1870. The maximum atomic E-state index is 13.4. The summed E-state index contributed by atoms with van der Waals surface area (Å²) < 4.78 is 18.2. The fourth-order valence-electron chi connectivity index (χ4n) is 5.91. The van der Waals surface area contributed by atoms with Crippen molar-refractivity contribution in [1.29, 1.82) is 0 Å². The van der Waals surface area contributed by atoms with Crippen molar-refractivity contribution in [3.05, 3.63) is 94.4 Å². The predicted octanol–water partition coefficient (Wildman–Crippen LogP) is 2.31. The van der Waals surface area contributed by atoms with E-state index in [1.807, 2.05) is 35.9 Å². The van der Waals surface area contributed by atoms with Gasteiger partial charge in [-0.3, -0.25) is 14.2 Å². The highest BCUT2D eigenvalue weighted by molar-refractivity contribution is 5.94. The number of hydrogen-bond acceptors (Lipinski definition) is 8. The van der Waals surface area contributed by atoms with Gasteiger partial charge in [0.1, 0.15) is 29.2 Å². The fraction of sp³-hybridized carbons (Fsp3) is 0.333. The lowest BCUT2D eigenvalue weighted by Gasteiger charge is -2.38. The van der Waals surface area contributed by atoms with E-state index in [0.717, 1.165) is 36.1 Å². The number of benzene rings is 2. The third kappa shape index (κ3) is 5.05. The number of rotatable bonds is 5. The molecule has 220 valence electrons. The zero-order valence-electron chi connectivity index (χ0n) is 23.6. The Kier molecular flexibility index (Phi) is 6.53. The zero-order valence-corrected chi connectivity index (χ0v) is 23.6. The summed E-state index contributed by atoms with van der Waals surface area (Å²) in [5.41, 5.74) is 1.19. The zero-order chi connectivity index (χ0) is 29.7. The van der Waals surface area contributed by atoms with Gasteiger partial charge < -0.3 is 14.9 Å². The minimum absolute atomic E-state index is 0.0519. The molecule has 12 nitrogen and oxygen atoms in total. The number of nitrogens with zero attached hydrogens (tertiary/aromatic N) is 9. The van der Waals surface area contributed by atoms with Crippen LogP contribution in [0.25, 0.3) is 16.7 Å². The standard InChI is InChI=1S/C30H30FN9O3/c1-20-34-26-17-37(14-15-39(26)35-20)23-6-8-24(9-7-23)40-27-25(16-33-40)29(42)38(19-32-27)18-30(43)10-12-36(13-11-30)28(41)21-2-4-22(31)5-3-21/h2-9,16,19,43H,10-15,17-18H2,1H3. The molecule has 43 heavy (non-hydrogen) atoms. The highest BCUT2D eigenvalue weighted by atomic mass is 19.1. The molecular formula is C30H30FN9O3. The Morgan fingerprint density at radius 2 is 1.72 bits per heavy atom. The van der Waals surface area contributed by atoms with Gasteiger partial charge in [-0.1, -0.05) is 0 Å². The summed E-state index contributed by atoms with van der Waals surface area (Å²) in [4.78, 5) is 39.1. The van der Waals surface area contributed by atoms with Crippen LogP contribution in [0.1, 0.15) is 34.8 Å². The summed E-state index contributed by atoms with van der Waals surface area (Å²) in [5.74, 6) is 1.11. The second-order valence-electron chi connectivity index (χ2n) is 11.2. The molecule has 0 radical (unpaired) electrons. The van der Waals surface area contributed by atoms with Crippen LogP contribution >= 0.6 is 0 Å². The molecule has 7 rings (SSSR count). The Hall–Kier alpha value is -4.91. The van der Waals surface area contributed by atoms with E-state index in [9.17, 15) is 19.1 Å². The van der Waals surface area contributed by atoms with Crippen LogP contribution < -0.4 is 10.5 Å². The molecular weight excluding hydrogens is 553 g/mol. The smallest absolute Gasteiger partial charge is 0.264 e. The SMILES string of the molecule is Cc1nc2n(n1)CCN(c1ccc(-n3ncc4c(=O)n(CC5(O)CCN(C(=O)c6ccc(F)cc6)CC5)cnc43)cc1)C2. The van der Waals surface area contributed by atoms with Crippen molar-refractivity contribution in [3.8, 4) is 5.69 Å². The molecule has 1 fully saturated rings. The second kappa shape index (κ2) is 10.4. The summed E-state index contributed by atoms with van der Waals surface area (Å²) >= 11 is 0. The molecule has 0 atom stereocenters. The van der Waals surface area contributed by atoms with Crippen molar-refractivity contribution in [1.82, 2.24) is 39.0 Å². The van der Waals surface area contributed by atoms with Gasteiger partial charge in [-0.05, 0) is 68.3 Å². The lowest BCUT2D eigenvalue weighted by Crippen LogP contribution is -2.49. The van der Waals surface area contributed by atoms with Crippen LogP contribution in [0.2, 0.25) is 0 Å². The summed E-state index contributed by atoms with van der Waals surface area (Å²) in [7, 11) is 0. The molecule has 2 aliphatic heterocycles. The number of carbonyl (C=O) groups excluding carboxylic acids is 1. The number of hydrogen-bond donors (Lipinski definition) is 1. The number of likely N-dealkylation sites (tertiary alicyclic amines) is 1. The highest BCUT2D eigenvalue weighted by Crippen LogP contribution is 2.26. The Labute approximate surface area is 245 Å². The third-order valence-electron chi connectivity index (χ3n) is 8.32. The number of aliphatic hydroxyl groups is 1. The molecule has 0 spiro atoms. The van der Waals surface area contributed by atoms with Crippen LogP contribution in [0.5, 0.6) is 0 Å². The van der Waals surface area contributed by atoms with Crippen LogP contribution in [0.4, 0.5) is 10.1 Å². The summed E-state index contributed by atoms with van der Waals surface area (Å²) in [6.45, 7) is 4.88. The molecule has 13 heteroatoms. The molecule has 0 saturated carbocycles. The quantitative estimate of drug-likeness (QED) is 0.334. The van der Waals surface area contributed by atoms with Gasteiger partial charge in [-0.15, -0.1) is 0 Å². The maximum Gasteiger partial charge on any atom is 0.264 e. The van der Waals surface area contributed by atoms with Crippen molar-refractivity contribution in [2.75, 3.05) is 24.5 Å². The molecule has 1 N–H and O–H groups in total. The lowest BCUT2D eigenvalue weighted by atomic mass is 9.91. The molecule has 5 heterocycles.